The van der Waals surface area contributed by atoms with Crippen LogP contribution in [0.1, 0.15) is 31.8 Å². The van der Waals surface area contributed by atoms with E-state index in [1.165, 1.54) is 0 Å². The molecule has 2 amide bonds. The van der Waals surface area contributed by atoms with Crippen molar-refractivity contribution in [1.82, 2.24) is 5.06 Å². The summed E-state index contributed by atoms with van der Waals surface area (Å²) in [5, 5.41) is 11.4. The molecular weight excluding hydrogens is 298 g/mol. The lowest BCUT2D eigenvalue weighted by Crippen LogP contribution is -2.25. The van der Waals surface area contributed by atoms with Gasteiger partial charge in [-0.05, 0) is 31.5 Å². The minimum atomic E-state index is -0.717. The normalized spacial score (nSPS) is 14.2. The molecule has 0 spiro atoms. The second-order valence-electron chi connectivity index (χ2n) is 5.59. The van der Waals surface area contributed by atoms with Crippen molar-refractivity contribution in [3.63, 3.8) is 0 Å². The Hall–Kier alpha value is -2.86. The van der Waals surface area contributed by atoms with Crippen molar-refractivity contribution in [3.8, 4) is 5.75 Å². The number of imide groups is 1. The standard InChI is InChI=1S/C17H13NO5/c1-7-12-10-5-4-9(22-3)6-11(10)23-15(12)8(2)14-13(7)16(19)18(21)17(14)20/h4-6,21H,1-3H3. The van der Waals surface area contributed by atoms with Crippen LogP contribution in [-0.4, -0.2) is 29.2 Å². The van der Waals surface area contributed by atoms with Crippen LogP contribution in [-0.2, 0) is 0 Å². The van der Waals surface area contributed by atoms with Crippen LogP contribution in [0.5, 0.6) is 5.75 Å². The van der Waals surface area contributed by atoms with Crippen molar-refractivity contribution >= 4 is 33.8 Å². The van der Waals surface area contributed by atoms with Crippen LogP contribution in [0.15, 0.2) is 22.6 Å². The van der Waals surface area contributed by atoms with E-state index in [2.05, 4.69) is 0 Å². The van der Waals surface area contributed by atoms with Gasteiger partial charge in [-0.2, -0.15) is 0 Å². The Morgan fingerprint density at radius 2 is 1.74 bits per heavy atom. The number of amides is 2. The van der Waals surface area contributed by atoms with Crippen LogP contribution in [0.25, 0.3) is 21.9 Å². The molecular formula is C17H13NO5. The highest BCUT2D eigenvalue weighted by atomic mass is 16.5. The third kappa shape index (κ3) is 1.55. The molecule has 6 heteroatoms. The summed E-state index contributed by atoms with van der Waals surface area (Å²) in [7, 11) is 1.57. The highest BCUT2D eigenvalue weighted by molar-refractivity contribution is 6.25. The van der Waals surface area contributed by atoms with Gasteiger partial charge in [-0.3, -0.25) is 14.8 Å². The smallest absolute Gasteiger partial charge is 0.286 e. The van der Waals surface area contributed by atoms with Gasteiger partial charge in [0.15, 0.2) is 0 Å². The summed E-state index contributed by atoms with van der Waals surface area (Å²) in [4.78, 5) is 24.3. The second-order valence-corrected chi connectivity index (χ2v) is 5.59. The van der Waals surface area contributed by atoms with Crippen molar-refractivity contribution in [1.29, 1.82) is 0 Å². The zero-order chi connectivity index (χ0) is 16.5. The maximum absolute atomic E-state index is 12.2. The molecule has 0 bridgehead atoms. The maximum atomic E-state index is 12.2. The van der Waals surface area contributed by atoms with Gasteiger partial charge in [0.25, 0.3) is 11.8 Å². The van der Waals surface area contributed by atoms with Gasteiger partial charge in [0.2, 0.25) is 0 Å². The third-order valence-corrected chi connectivity index (χ3v) is 4.43. The number of carbonyl (C=O) groups excluding carboxylic acids is 2. The van der Waals surface area contributed by atoms with E-state index in [0.29, 0.717) is 28.0 Å². The molecule has 0 unspecified atom stereocenters. The average molecular weight is 311 g/mol. The topological polar surface area (TPSA) is 80.0 Å². The van der Waals surface area contributed by atoms with E-state index in [9.17, 15) is 14.8 Å². The van der Waals surface area contributed by atoms with E-state index in [0.717, 1.165) is 10.8 Å². The summed E-state index contributed by atoms with van der Waals surface area (Å²) in [5.74, 6) is -0.756. The van der Waals surface area contributed by atoms with Crippen LogP contribution < -0.4 is 4.74 Å². The van der Waals surface area contributed by atoms with Crippen molar-refractivity contribution in [2.45, 2.75) is 13.8 Å². The van der Waals surface area contributed by atoms with Crippen LogP contribution in [0, 0.1) is 13.8 Å². The zero-order valence-electron chi connectivity index (χ0n) is 12.8. The fourth-order valence-corrected chi connectivity index (χ4v) is 3.29. The highest BCUT2D eigenvalue weighted by Crippen LogP contribution is 2.40. The predicted molar refractivity (Wildman–Crippen MR) is 82.0 cm³/mol. The molecule has 1 aromatic heterocycles. The van der Waals surface area contributed by atoms with Gasteiger partial charge < -0.3 is 9.15 Å². The number of benzene rings is 2. The first-order valence-corrected chi connectivity index (χ1v) is 7.06. The summed E-state index contributed by atoms with van der Waals surface area (Å²) < 4.78 is 11.1. The van der Waals surface area contributed by atoms with Crippen molar-refractivity contribution in [2.75, 3.05) is 7.11 Å². The molecule has 0 saturated carbocycles. The van der Waals surface area contributed by atoms with Crippen LogP contribution >= 0.6 is 0 Å². The number of furan rings is 1. The molecule has 2 aromatic carbocycles. The van der Waals surface area contributed by atoms with E-state index in [-0.39, 0.29) is 16.2 Å². The van der Waals surface area contributed by atoms with E-state index in [4.69, 9.17) is 9.15 Å². The number of carbonyl (C=O) groups is 2. The summed E-state index contributed by atoms with van der Waals surface area (Å²) >= 11 is 0. The largest absolute Gasteiger partial charge is 0.497 e. The monoisotopic (exact) mass is 311 g/mol. The molecule has 0 atom stereocenters. The lowest BCUT2D eigenvalue weighted by atomic mass is 9.94. The highest BCUT2D eigenvalue weighted by Gasteiger charge is 2.39. The summed E-state index contributed by atoms with van der Waals surface area (Å²) in [6.07, 6.45) is 0. The van der Waals surface area contributed by atoms with Gasteiger partial charge in [-0.1, -0.05) is 0 Å². The maximum Gasteiger partial charge on any atom is 0.286 e. The summed E-state index contributed by atoms with van der Waals surface area (Å²) in [5.41, 5.74) is 2.77. The Balaban J connectivity index is 2.20. The number of methoxy groups -OCH3 is 1. The summed E-state index contributed by atoms with van der Waals surface area (Å²) in [6.45, 7) is 3.47. The quantitative estimate of drug-likeness (QED) is 0.551. The van der Waals surface area contributed by atoms with E-state index in [1.807, 2.05) is 12.1 Å². The van der Waals surface area contributed by atoms with Gasteiger partial charge in [0.05, 0.1) is 18.2 Å². The molecule has 0 aliphatic carbocycles. The Bertz CT molecular complexity index is 1030. The van der Waals surface area contributed by atoms with Crippen LogP contribution in [0.2, 0.25) is 0 Å². The van der Waals surface area contributed by atoms with E-state index >= 15 is 0 Å². The van der Waals surface area contributed by atoms with Crippen molar-refractivity contribution in [2.24, 2.45) is 0 Å². The Labute approximate surface area is 130 Å². The van der Waals surface area contributed by atoms with E-state index in [1.54, 1.807) is 27.0 Å². The van der Waals surface area contributed by atoms with Crippen LogP contribution in [0.4, 0.5) is 0 Å². The Morgan fingerprint density at radius 1 is 1.09 bits per heavy atom. The van der Waals surface area contributed by atoms with Gasteiger partial charge in [0.1, 0.15) is 16.9 Å². The van der Waals surface area contributed by atoms with E-state index < -0.39 is 11.8 Å². The first-order chi connectivity index (χ1) is 11.0. The number of fused-ring (bicyclic) bond motifs is 4. The second kappa shape index (κ2) is 4.33. The third-order valence-electron chi connectivity index (χ3n) is 4.43. The Morgan fingerprint density at radius 3 is 2.39 bits per heavy atom. The molecule has 0 saturated heterocycles. The number of aryl methyl sites for hydroxylation is 2. The SMILES string of the molecule is COc1ccc2c(c1)oc1c(C)c3c(c(C)c12)C(=O)N(O)C3=O. The van der Waals surface area contributed by atoms with Gasteiger partial charge in [0, 0.05) is 22.4 Å². The molecule has 116 valence electrons. The predicted octanol–water partition coefficient (Wildman–Crippen LogP) is 3.20. The molecule has 1 N–H and O–H groups in total. The number of nitrogens with zero attached hydrogens (tertiary/aromatic N) is 1. The number of rotatable bonds is 1. The lowest BCUT2D eigenvalue weighted by molar-refractivity contribution is -0.0327. The fraction of sp³-hybridized carbons (Fsp3) is 0.176. The number of hydrogen-bond acceptors (Lipinski definition) is 5. The molecule has 3 aromatic rings. The molecule has 23 heavy (non-hydrogen) atoms. The minimum Gasteiger partial charge on any atom is -0.497 e. The zero-order valence-corrected chi connectivity index (χ0v) is 12.8. The molecule has 2 heterocycles. The summed E-state index contributed by atoms with van der Waals surface area (Å²) in [6, 6.07) is 5.43. The molecule has 4 rings (SSSR count). The minimum absolute atomic E-state index is 0.161. The number of hydroxylamine groups is 2. The first kappa shape index (κ1) is 13.8. The van der Waals surface area contributed by atoms with Crippen molar-refractivity contribution in [3.05, 3.63) is 40.5 Å². The van der Waals surface area contributed by atoms with Gasteiger partial charge in [-0.15, -0.1) is 5.06 Å². The average Bonchev–Trinajstić information content (AvgIpc) is 3.04. The lowest BCUT2D eigenvalue weighted by Gasteiger charge is -2.05. The molecule has 6 nitrogen and oxygen atoms in total. The molecule has 0 fully saturated rings. The molecule has 1 aliphatic heterocycles. The molecule has 0 radical (unpaired) electrons. The number of ether oxygens (including phenoxy) is 1. The van der Waals surface area contributed by atoms with Gasteiger partial charge >= 0.3 is 0 Å². The van der Waals surface area contributed by atoms with Gasteiger partial charge in [-0.25, -0.2) is 0 Å². The van der Waals surface area contributed by atoms with Crippen LogP contribution in [0.3, 0.4) is 0 Å². The molecule has 1 aliphatic rings. The fourth-order valence-electron chi connectivity index (χ4n) is 3.29. The first-order valence-electron chi connectivity index (χ1n) is 7.06. The number of hydrogen-bond donors (Lipinski definition) is 1. The Kier molecular flexibility index (Phi) is 2.59. The van der Waals surface area contributed by atoms with Crippen molar-refractivity contribution < 1.29 is 24.0 Å².